The second kappa shape index (κ2) is 7.94. The summed E-state index contributed by atoms with van der Waals surface area (Å²) < 4.78 is 7.40. The van der Waals surface area contributed by atoms with Gasteiger partial charge in [-0.1, -0.05) is 12.1 Å². The molecular formula is C20H25N5O2. The van der Waals surface area contributed by atoms with Crippen LogP contribution in [-0.2, 0) is 24.9 Å². The minimum atomic E-state index is 0.0372. The first-order chi connectivity index (χ1) is 13.2. The minimum Gasteiger partial charge on any atom is -0.467 e. The van der Waals surface area contributed by atoms with Crippen molar-refractivity contribution >= 4 is 16.9 Å². The SMILES string of the molecule is Cn1c(CN2CCN(CC(=O)NCc3ccco3)CC2)nc2ccccc21. The van der Waals surface area contributed by atoms with E-state index in [-0.39, 0.29) is 5.91 Å². The summed E-state index contributed by atoms with van der Waals surface area (Å²) in [5.74, 6) is 1.90. The molecule has 1 saturated heterocycles. The van der Waals surface area contributed by atoms with Gasteiger partial charge in [0.2, 0.25) is 5.91 Å². The molecule has 0 radical (unpaired) electrons. The first-order valence-corrected chi connectivity index (χ1v) is 9.33. The number of hydrogen-bond donors (Lipinski definition) is 1. The van der Waals surface area contributed by atoms with Crippen LogP contribution in [0.25, 0.3) is 11.0 Å². The number of nitrogens with zero attached hydrogens (tertiary/aromatic N) is 4. The number of nitrogens with one attached hydrogen (secondary N) is 1. The summed E-state index contributed by atoms with van der Waals surface area (Å²) in [6.45, 7) is 5.36. The standard InChI is InChI=1S/C20H25N5O2/c1-23-18-7-3-2-6-17(18)22-19(23)14-24-8-10-25(11-9-24)15-20(26)21-13-16-5-4-12-27-16/h2-7,12H,8-11,13-15H2,1H3,(H,21,26). The number of rotatable bonds is 6. The van der Waals surface area contributed by atoms with Crippen molar-refractivity contribution in [2.24, 2.45) is 7.05 Å². The second-order valence-electron chi connectivity index (χ2n) is 6.98. The molecule has 2 aromatic heterocycles. The fourth-order valence-electron chi connectivity index (χ4n) is 3.50. The Bertz CT molecular complexity index is 894. The molecule has 3 aromatic rings. The molecule has 1 amide bonds. The highest BCUT2D eigenvalue weighted by molar-refractivity contribution is 5.78. The molecule has 0 atom stereocenters. The molecule has 0 spiro atoms. The zero-order valence-corrected chi connectivity index (χ0v) is 15.6. The Kier molecular flexibility index (Phi) is 5.22. The van der Waals surface area contributed by atoms with E-state index in [1.165, 1.54) is 5.52 Å². The van der Waals surface area contributed by atoms with E-state index in [1.807, 2.05) is 24.3 Å². The summed E-state index contributed by atoms with van der Waals surface area (Å²) in [6, 6.07) is 11.9. The Morgan fingerprint density at radius 1 is 1.11 bits per heavy atom. The zero-order valence-electron chi connectivity index (χ0n) is 15.6. The van der Waals surface area contributed by atoms with Crippen molar-refractivity contribution in [2.45, 2.75) is 13.1 Å². The minimum absolute atomic E-state index is 0.0372. The molecule has 27 heavy (non-hydrogen) atoms. The topological polar surface area (TPSA) is 66.5 Å². The van der Waals surface area contributed by atoms with E-state index < -0.39 is 0 Å². The van der Waals surface area contributed by atoms with Gasteiger partial charge in [0.05, 0.1) is 36.9 Å². The van der Waals surface area contributed by atoms with Crippen LogP contribution >= 0.6 is 0 Å². The molecule has 142 valence electrons. The lowest BCUT2D eigenvalue weighted by molar-refractivity contribution is -0.122. The van der Waals surface area contributed by atoms with E-state index in [0.717, 1.165) is 49.8 Å². The number of amides is 1. The van der Waals surface area contributed by atoms with Gasteiger partial charge >= 0.3 is 0 Å². The number of hydrogen-bond acceptors (Lipinski definition) is 5. The van der Waals surface area contributed by atoms with E-state index in [4.69, 9.17) is 9.40 Å². The molecule has 1 aliphatic rings. The number of para-hydroxylation sites is 2. The molecule has 3 heterocycles. The third kappa shape index (κ3) is 4.20. The summed E-state index contributed by atoms with van der Waals surface area (Å²) in [7, 11) is 2.07. The molecule has 0 saturated carbocycles. The molecule has 1 N–H and O–H groups in total. The van der Waals surface area contributed by atoms with Crippen molar-refractivity contribution in [1.82, 2.24) is 24.7 Å². The van der Waals surface area contributed by atoms with Gasteiger partial charge in [-0.05, 0) is 24.3 Å². The number of furan rings is 1. The van der Waals surface area contributed by atoms with Gasteiger partial charge < -0.3 is 14.3 Å². The summed E-state index contributed by atoms with van der Waals surface area (Å²) in [5.41, 5.74) is 2.21. The first-order valence-electron chi connectivity index (χ1n) is 9.33. The largest absolute Gasteiger partial charge is 0.467 e. The maximum atomic E-state index is 12.1. The molecule has 7 heteroatoms. The quantitative estimate of drug-likeness (QED) is 0.717. The Labute approximate surface area is 158 Å². The van der Waals surface area contributed by atoms with E-state index >= 15 is 0 Å². The summed E-state index contributed by atoms with van der Waals surface area (Å²) in [6.07, 6.45) is 1.62. The molecule has 0 unspecified atom stereocenters. The van der Waals surface area contributed by atoms with Crippen LogP contribution in [0.1, 0.15) is 11.6 Å². The number of carbonyl (C=O) groups excluding carboxylic acids is 1. The van der Waals surface area contributed by atoms with Crippen LogP contribution in [0, 0.1) is 0 Å². The molecule has 4 rings (SSSR count). The van der Waals surface area contributed by atoms with Gasteiger partial charge in [0.1, 0.15) is 11.6 Å². The Morgan fingerprint density at radius 2 is 1.89 bits per heavy atom. The van der Waals surface area contributed by atoms with Crippen LogP contribution in [0.4, 0.5) is 0 Å². The molecule has 1 aromatic carbocycles. The van der Waals surface area contributed by atoms with Crippen LogP contribution < -0.4 is 5.32 Å². The number of carbonyl (C=O) groups is 1. The molecule has 1 fully saturated rings. The van der Waals surface area contributed by atoms with Crippen molar-refractivity contribution in [3.8, 4) is 0 Å². The first kappa shape index (κ1) is 17.8. The van der Waals surface area contributed by atoms with Gasteiger partial charge in [0, 0.05) is 33.2 Å². The van der Waals surface area contributed by atoms with Gasteiger partial charge in [0.25, 0.3) is 0 Å². The van der Waals surface area contributed by atoms with Gasteiger partial charge in [-0.2, -0.15) is 0 Å². The third-order valence-electron chi connectivity index (χ3n) is 5.12. The number of imidazole rings is 1. The van der Waals surface area contributed by atoms with Crippen molar-refractivity contribution < 1.29 is 9.21 Å². The van der Waals surface area contributed by atoms with Gasteiger partial charge in [-0.3, -0.25) is 14.6 Å². The molecule has 7 nitrogen and oxygen atoms in total. The van der Waals surface area contributed by atoms with Crippen molar-refractivity contribution in [3.63, 3.8) is 0 Å². The Balaban J connectivity index is 1.25. The lowest BCUT2D eigenvalue weighted by atomic mass is 10.3. The van der Waals surface area contributed by atoms with E-state index in [1.54, 1.807) is 6.26 Å². The molecule has 1 aliphatic heterocycles. The number of piperazine rings is 1. The van der Waals surface area contributed by atoms with Crippen LogP contribution in [-0.4, -0.2) is 58.0 Å². The highest BCUT2D eigenvalue weighted by atomic mass is 16.3. The lowest BCUT2D eigenvalue weighted by Crippen LogP contribution is -2.49. The molecule has 0 aliphatic carbocycles. The lowest BCUT2D eigenvalue weighted by Gasteiger charge is -2.34. The predicted octanol–water partition coefficient (Wildman–Crippen LogP) is 1.60. The van der Waals surface area contributed by atoms with E-state index in [9.17, 15) is 4.79 Å². The van der Waals surface area contributed by atoms with Crippen molar-refractivity contribution in [1.29, 1.82) is 0 Å². The Hall–Kier alpha value is -2.64. The number of fused-ring (bicyclic) bond motifs is 1. The molecule has 0 bridgehead atoms. The van der Waals surface area contributed by atoms with Crippen LogP contribution in [0.3, 0.4) is 0 Å². The summed E-state index contributed by atoms with van der Waals surface area (Å²) in [4.78, 5) is 21.5. The van der Waals surface area contributed by atoms with Crippen LogP contribution in [0.15, 0.2) is 47.1 Å². The van der Waals surface area contributed by atoms with Crippen LogP contribution in [0.2, 0.25) is 0 Å². The van der Waals surface area contributed by atoms with Crippen molar-refractivity contribution in [2.75, 3.05) is 32.7 Å². The third-order valence-corrected chi connectivity index (χ3v) is 5.12. The monoisotopic (exact) mass is 367 g/mol. The van der Waals surface area contributed by atoms with Gasteiger partial charge in [-0.25, -0.2) is 4.98 Å². The second-order valence-corrected chi connectivity index (χ2v) is 6.98. The fraction of sp³-hybridized carbons (Fsp3) is 0.400. The predicted molar refractivity (Wildman–Crippen MR) is 103 cm³/mol. The number of aromatic nitrogens is 2. The highest BCUT2D eigenvalue weighted by Gasteiger charge is 2.20. The Morgan fingerprint density at radius 3 is 2.63 bits per heavy atom. The maximum Gasteiger partial charge on any atom is 0.234 e. The summed E-state index contributed by atoms with van der Waals surface area (Å²) in [5, 5.41) is 2.90. The molecular weight excluding hydrogens is 342 g/mol. The number of benzene rings is 1. The average Bonchev–Trinajstić information content (AvgIpc) is 3.31. The average molecular weight is 367 g/mol. The van der Waals surface area contributed by atoms with E-state index in [2.05, 4.69) is 38.9 Å². The fourth-order valence-corrected chi connectivity index (χ4v) is 3.50. The smallest absolute Gasteiger partial charge is 0.234 e. The van der Waals surface area contributed by atoms with Gasteiger partial charge in [0.15, 0.2) is 0 Å². The maximum absolute atomic E-state index is 12.1. The zero-order chi connectivity index (χ0) is 18.6. The van der Waals surface area contributed by atoms with E-state index in [0.29, 0.717) is 13.1 Å². The van der Waals surface area contributed by atoms with Crippen molar-refractivity contribution in [3.05, 3.63) is 54.2 Å². The summed E-state index contributed by atoms with van der Waals surface area (Å²) >= 11 is 0. The van der Waals surface area contributed by atoms with Crippen LogP contribution in [0.5, 0.6) is 0 Å². The van der Waals surface area contributed by atoms with Gasteiger partial charge in [-0.15, -0.1) is 0 Å². The highest BCUT2D eigenvalue weighted by Crippen LogP contribution is 2.16. The normalized spacial score (nSPS) is 16.0. The number of aryl methyl sites for hydroxylation is 1.